The number of pyridine rings is 1. The van der Waals surface area contributed by atoms with Gasteiger partial charge in [0.1, 0.15) is 23.5 Å². The predicted octanol–water partition coefficient (Wildman–Crippen LogP) is 1.93. The Balaban J connectivity index is 1.62. The van der Waals surface area contributed by atoms with Crippen LogP contribution in [0.4, 0.5) is 11.5 Å². The third-order valence-electron chi connectivity index (χ3n) is 4.77. The second kappa shape index (κ2) is 7.58. The molecule has 3 heterocycles. The van der Waals surface area contributed by atoms with Gasteiger partial charge in [-0.3, -0.25) is 14.9 Å². The van der Waals surface area contributed by atoms with E-state index in [9.17, 15) is 10.1 Å². The zero-order valence-electron chi connectivity index (χ0n) is 15.6. The van der Waals surface area contributed by atoms with Crippen molar-refractivity contribution < 1.29 is 9.53 Å². The van der Waals surface area contributed by atoms with Gasteiger partial charge in [0.2, 0.25) is 0 Å². The maximum absolute atomic E-state index is 12.7. The molecule has 2 aromatic heterocycles. The van der Waals surface area contributed by atoms with Crippen molar-refractivity contribution in [3.8, 4) is 12.1 Å². The van der Waals surface area contributed by atoms with E-state index < -0.39 is 6.10 Å². The summed E-state index contributed by atoms with van der Waals surface area (Å²) in [6.07, 6.45) is 2.07. The first-order valence-corrected chi connectivity index (χ1v) is 9.03. The van der Waals surface area contributed by atoms with Crippen LogP contribution in [0, 0.1) is 22.7 Å². The van der Waals surface area contributed by atoms with Crippen LogP contribution in [-0.4, -0.2) is 46.4 Å². The molecule has 1 saturated heterocycles. The van der Waals surface area contributed by atoms with Crippen molar-refractivity contribution in [2.75, 3.05) is 23.3 Å². The average Bonchev–Trinajstić information content (AvgIpc) is 3.19. The van der Waals surface area contributed by atoms with Crippen LogP contribution in [0.15, 0.2) is 36.7 Å². The number of carbonyl (C=O) groups is 1. The summed E-state index contributed by atoms with van der Waals surface area (Å²) in [5.41, 5.74) is 2.27. The van der Waals surface area contributed by atoms with E-state index in [4.69, 9.17) is 10.00 Å². The molecule has 1 aliphatic heterocycles. The van der Waals surface area contributed by atoms with Crippen LogP contribution in [0.5, 0.6) is 0 Å². The minimum atomic E-state index is -0.740. The number of hydrogen-bond donors (Lipinski definition) is 2. The second-order valence-corrected chi connectivity index (χ2v) is 6.74. The van der Waals surface area contributed by atoms with Crippen LogP contribution in [0.1, 0.15) is 18.1 Å². The maximum atomic E-state index is 12.7. The Labute approximate surface area is 166 Å². The molecule has 0 bridgehead atoms. The lowest BCUT2D eigenvalue weighted by Crippen LogP contribution is -2.51. The van der Waals surface area contributed by atoms with Gasteiger partial charge in [0, 0.05) is 23.8 Å². The van der Waals surface area contributed by atoms with Gasteiger partial charge >= 0.3 is 0 Å². The summed E-state index contributed by atoms with van der Waals surface area (Å²) in [7, 11) is 0. The molecule has 3 aromatic rings. The Bertz CT molecular complexity index is 1160. The van der Waals surface area contributed by atoms with Crippen LogP contribution in [0.3, 0.4) is 0 Å². The monoisotopic (exact) mass is 387 g/mol. The van der Waals surface area contributed by atoms with E-state index in [1.54, 1.807) is 12.3 Å². The third-order valence-corrected chi connectivity index (χ3v) is 4.77. The number of H-pyrrole nitrogens is 1. The number of aromatic amines is 1. The van der Waals surface area contributed by atoms with E-state index in [2.05, 4.69) is 31.5 Å². The van der Waals surface area contributed by atoms with Gasteiger partial charge < -0.3 is 15.0 Å². The fourth-order valence-electron chi connectivity index (χ4n) is 3.49. The topological polar surface area (TPSA) is 131 Å². The molecular weight excluding hydrogens is 370 g/mol. The van der Waals surface area contributed by atoms with Gasteiger partial charge in [0.05, 0.1) is 29.9 Å². The molecule has 0 spiro atoms. The molecule has 0 radical (unpaired) electrons. The number of anilines is 2. The summed E-state index contributed by atoms with van der Waals surface area (Å²) in [6.45, 7) is 2.81. The fourth-order valence-corrected chi connectivity index (χ4v) is 3.49. The summed E-state index contributed by atoms with van der Waals surface area (Å²) in [6, 6.07) is 11.5. The van der Waals surface area contributed by atoms with Crippen molar-refractivity contribution in [2.45, 2.75) is 19.1 Å². The zero-order valence-corrected chi connectivity index (χ0v) is 15.6. The molecule has 2 atom stereocenters. The van der Waals surface area contributed by atoms with Crippen LogP contribution in [0.2, 0.25) is 0 Å². The molecule has 9 heteroatoms. The van der Waals surface area contributed by atoms with Crippen LogP contribution >= 0.6 is 0 Å². The van der Waals surface area contributed by atoms with E-state index in [1.165, 1.54) is 6.20 Å². The number of benzene rings is 1. The van der Waals surface area contributed by atoms with Crippen molar-refractivity contribution in [1.29, 1.82) is 10.5 Å². The highest BCUT2D eigenvalue weighted by Crippen LogP contribution is 2.30. The average molecular weight is 387 g/mol. The predicted molar refractivity (Wildman–Crippen MR) is 105 cm³/mol. The van der Waals surface area contributed by atoms with Crippen molar-refractivity contribution in [2.24, 2.45) is 0 Å². The Morgan fingerprint density at radius 1 is 1.28 bits per heavy atom. The van der Waals surface area contributed by atoms with Gasteiger partial charge in [-0.15, -0.1) is 0 Å². The molecule has 1 aliphatic rings. The van der Waals surface area contributed by atoms with E-state index in [-0.39, 0.29) is 23.4 Å². The number of fused-ring (bicyclic) bond motifs is 1. The number of aromatic nitrogens is 3. The zero-order chi connectivity index (χ0) is 20.4. The Morgan fingerprint density at radius 2 is 2.10 bits per heavy atom. The van der Waals surface area contributed by atoms with Crippen molar-refractivity contribution in [3.63, 3.8) is 0 Å². The smallest absolute Gasteiger partial charge is 0.256 e. The normalized spacial score (nSPS) is 18.8. The van der Waals surface area contributed by atoms with Gasteiger partial charge in [-0.1, -0.05) is 0 Å². The molecule has 144 valence electrons. The van der Waals surface area contributed by atoms with E-state index in [0.29, 0.717) is 24.2 Å². The highest BCUT2D eigenvalue weighted by molar-refractivity contribution is 5.97. The largest absolute Gasteiger partial charge is 0.365 e. The summed E-state index contributed by atoms with van der Waals surface area (Å²) >= 11 is 0. The molecule has 1 amide bonds. The fraction of sp³-hybridized carbons (Fsp3) is 0.250. The number of hydrogen-bond acceptors (Lipinski definition) is 7. The number of nitrogens with one attached hydrogen (secondary N) is 2. The lowest BCUT2D eigenvalue weighted by Gasteiger charge is -2.37. The van der Waals surface area contributed by atoms with E-state index in [1.807, 2.05) is 31.2 Å². The number of carbonyl (C=O) groups excluding carboxylic acids is 1. The van der Waals surface area contributed by atoms with Gasteiger partial charge in [0.25, 0.3) is 5.91 Å². The Hall–Kier alpha value is -3.95. The molecule has 29 heavy (non-hydrogen) atoms. The van der Waals surface area contributed by atoms with Gasteiger partial charge in [0.15, 0.2) is 6.10 Å². The number of nitriles is 2. The van der Waals surface area contributed by atoms with Crippen LogP contribution in [-0.2, 0) is 9.53 Å². The van der Waals surface area contributed by atoms with Crippen molar-refractivity contribution in [3.05, 3.63) is 47.8 Å². The number of ether oxygens (including phenoxy) is 1. The molecule has 1 aromatic carbocycles. The summed E-state index contributed by atoms with van der Waals surface area (Å²) < 4.78 is 5.84. The molecule has 0 aliphatic carbocycles. The molecule has 9 nitrogen and oxygen atoms in total. The van der Waals surface area contributed by atoms with Crippen LogP contribution < -0.4 is 10.2 Å². The minimum Gasteiger partial charge on any atom is -0.365 e. The van der Waals surface area contributed by atoms with Gasteiger partial charge in [-0.25, -0.2) is 0 Å². The summed E-state index contributed by atoms with van der Waals surface area (Å²) in [5.74, 6) is -0.114. The first kappa shape index (κ1) is 18.4. The standard InChI is InChI=1S/C20H17N7O2/c1-12-10-27(16-5-4-13(7-21)18-15(16)3-2-6-23-18)11-17(29-12)20(28)25-19-14(8-22)9-24-26-19/h2-6,9,12,17H,10-11H2,1H3,(H2,24,25,26,28). The highest BCUT2D eigenvalue weighted by Gasteiger charge is 2.32. The molecule has 1 fully saturated rings. The molecular formula is C20H17N7O2. The number of rotatable bonds is 3. The van der Waals surface area contributed by atoms with E-state index >= 15 is 0 Å². The second-order valence-electron chi connectivity index (χ2n) is 6.74. The first-order chi connectivity index (χ1) is 14.1. The molecule has 2 unspecified atom stereocenters. The molecule has 0 saturated carbocycles. The van der Waals surface area contributed by atoms with Crippen molar-refractivity contribution in [1.82, 2.24) is 15.2 Å². The third kappa shape index (κ3) is 3.47. The number of amides is 1. The summed E-state index contributed by atoms with van der Waals surface area (Å²) in [4.78, 5) is 19.2. The quantitative estimate of drug-likeness (QED) is 0.702. The lowest BCUT2D eigenvalue weighted by molar-refractivity contribution is -0.131. The van der Waals surface area contributed by atoms with E-state index in [0.717, 1.165) is 11.1 Å². The van der Waals surface area contributed by atoms with Gasteiger partial charge in [-0.2, -0.15) is 15.6 Å². The molecule has 4 rings (SSSR count). The first-order valence-electron chi connectivity index (χ1n) is 9.03. The highest BCUT2D eigenvalue weighted by atomic mass is 16.5. The SMILES string of the molecule is CC1CN(c2ccc(C#N)c3ncccc23)CC(C(=O)Nc2[nH]ncc2C#N)O1. The minimum absolute atomic E-state index is 0.195. The van der Waals surface area contributed by atoms with Crippen molar-refractivity contribution >= 4 is 28.3 Å². The number of morpholine rings is 1. The lowest BCUT2D eigenvalue weighted by atomic mass is 10.1. The Kier molecular flexibility index (Phi) is 4.82. The van der Waals surface area contributed by atoms with Crippen LogP contribution in [0.25, 0.3) is 10.9 Å². The summed E-state index contributed by atoms with van der Waals surface area (Å²) in [5, 5.41) is 28.3. The maximum Gasteiger partial charge on any atom is 0.256 e. The molecule has 2 N–H and O–H groups in total. The number of nitrogens with zero attached hydrogens (tertiary/aromatic N) is 5. The van der Waals surface area contributed by atoms with Gasteiger partial charge in [-0.05, 0) is 31.2 Å². The Morgan fingerprint density at radius 3 is 2.90 bits per heavy atom.